The lowest BCUT2D eigenvalue weighted by Gasteiger charge is -2.41. The number of nitrogens with zero attached hydrogens (tertiary/aromatic N) is 3. The number of likely N-dealkylation sites (N-methyl/N-ethyl adjacent to an activating group) is 1. The quantitative estimate of drug-likeness (QED) is 0.309. The summed E-state index contributed by atoms with van der Waals surface area (Å²) in [5, 5.41) is 3.18. The molecule has 1 amide bonds. The Hall–Kier alpha value is -3.51. The number of benzene rings is 2. The third kappa shape index (κ3) is 6.28. The second kappa shape index (κ2) is 12.8. The van der Waals surface area contributed by atoms with Crippen molar-refractivity contribution in [1.82, 2.24) is 20.2 Å². The van der Waals surface area contributed by atoms with Crippen LogP contribution in [0.15, 0.2) is 73.3 Å². The normalized spacial score (nSPS) is 20.0. The predicted molar refractivity (Wildman–Crippen MR) is 161 cm³/mol. The van der Waals surface area contributed by atoms with E-state index in [4.69, 9.17) is 4.74 Å². The van der Waals surface area contributed by atoms with Crippen LogP contribution >= 0.6 is 0 Å². The fourth-order valence-corrected chi connectivity index (χ4v) is 6.07. The summed E-state index contributed by atoms with van der Waals surface area (Å²) in [4.78, 5) is 24.1. The molecular weight excluding hydrogens is 496 g/mol. The van der Waals surface area contributed by atoms with E-state index in [1.54, 1.807) is 7.11 Å². The number of carbonyl (C=O) groups is 1. The largest absolute Gasteiger partial charge is 0.501 e. The SMILES string of the molecule is C=C(OC)C1CN(C(=O)[C@H](Cc2ccc(-c3ncc(-c4ccc(C5CCC(CC)CC5)cc4)cn3)cc2)NC)C1. The summed E-state index contributed by atoms with van der Waals surface area (Å²) in [5.74, 6) is 3.40. The van der Waals surface area contributed by atoms with Gasteiger partial charge in [0, 0.05) is 36.6 Å². The van der Waals surface area contributed by atoms with Gasteiger partial charge in [-0.25, -0.2) is 9.97 Å². The Balaban J connectivity index is 1.17. The number of hydrogen-bond donors (Lipinski definition) is 1. The molecule has 2 aliphatic rings. The van der Waals surface area contributed by atoms with E-state index in [-0.39, 0.29) is 17.9 Å². The molecular formula is C34H42N4O2. The maximum atomic E-state index is 12.9. The zero-order valence-electron chi connectivity index (χ0n) is 24.1. The van der Waals surface area contributed by atoms with Gasteiger partial charge in [-0.1, -0.05) is 68.5 Å². The van der Waals surface area contributed by atoms with E-state index in [0.717, 1.165) is 33.9 Å². The van der Waals surface area contributed by atoms with Crippen LogP contribution in [0.4, 0.5) is 0 Å². The smallest absolute Gasteiger partial charge is 0.240 e. The highest BCUT2D eigenvalue weighted by Gasteiger charge is 2.36. The first-order valence-corrected chi connectivity index (χ1v) is 14.7. The third-order valence-electron chi connectivity index (χ3n) is 9.00. The van der Waals surface area contributed by atoms with Gasteiger partial charge in [0.2, 0.25) is 5.91 Å². The van der Waals surface area contributed by atoms with E-state index >= 15 is 0 Å². The molecule has 1 saturated carbocycles. The van der Waals surface area contributed by atoms with Crippen molar-refractivity contribution in [2.75, 3.05) is 27.2 Å². The lowest BCUT2D eigenvalue weighted by Crippen LogP contribution is -2.56. The molecule has 0 unspecified atom stereocenters. The molecule has 2 fully saturated rings. The van der Waals surface area contributed by atoms with Crippen molar-refractivity contribution in [3.63, 3.8) is 0 Å². The molecule has 210 valence electrons. The minimum Gasteiger partial charge on any atom is -0.501 e. The van der Waals surface area contributed by atoms with Gasteiger partial charge < -0.3 is 15.0 Å². The van der Waals surface area contributed by atoms with E-state index in [1.165, 1.54) is 37.7 Å². The van der Waals surface area contributed by atoms with Crippen molar-refractivity contribution in [2.24, 2.45) is 11.8 Å². The van der Waals surface area contributed by atoms with Crippen molar-refractivity contribution in [3.8, 4) is 22.5 Å². The summed E-state index contributed by atoms with van der Waals surface area (Å²) in [5.41, 5.74) is 5.69. The molecule has 6 nitrogen and oxygen atoms in total. The van der Waals surface area contributed by atoms with E-state index in [9.17, 15) is 4.79 Å². The van der Waals surface area contributed by atoms with E-state index in [0.29, 0.717) is 31.3 Å². The molecule has 1 atom stereocenters. The highest BCUT2D eigenvalue weighted by Crippen LogP contribution is 2.37. The van der Waals surface area contributed by atoms with E-state index in [1.807, 2.05) is 36.5 Å². The van der Waals surface area contributed by atoms with Gasteiger partial charge in [-0.2, -0.15) is 0 Å². The molecule has 40 heavy (non-hydrogen) atoms. The van der Waals surface area contributed by atoms with Crippen molar-refractivity contribution in [2.45, 2.75) is 57.4 Å². The van der Waals surface area contributed by atoms with Gasteiger partial charge in [-0.05, 0) is 67.7 Å². The minimum absolute atomic E-state index is 0.113. The zero-order chi connectivity index (χ0) is 28.1. The van der Waals surface area contributed by atoms with Gasteiger partial charge in [0.15, 0.2) is 5.82 Å². The standard InChI is InChI=1S/C34H42N4O2/c1-5-24-6-10-26(11-7-24)27-14-16-28(17-15-27)30-19-36-33(37-20-30)29-12-8-25(9-13-29)18-32(35-3)34(39)38-21-31(22-38)23(2)40-4/h8-9,12-17,19-20,24,26,31-32,35H,2,5-7,10-11,18,21-22H2,1,3-4H3/t24?,26?,32-/m0/s1. The Morgan fingerprint density at radius 2 is 1.60 bits per heavy atom. The van der Waals surface area contributed by atoms with Crippen LogP contribution < -0.4 is 5.32 Å². The molecule has 0 spiro atoms. The molecule has 5 rings (SSSR count). The molecule has 0 bridgehead atoms. The fourth-order valence-electron chi connectivity index (χ4n) is 6.07. The third-order valence-corrected chi connectivity index (χ3v) is 9.00. The molecule has 2 heterocycles. The highest BCUT2D eigenvalue weighted by atomic mass is 16.5. The molecule has 0 radical (unpaired) electrons. The predicted octanol–water partition coefficient (Wildman–Crippen LogP) is 6.24. The summed E-state index contributed by atoms with van der Waals surface area (Å²) in [6.45, 7) is 7.56. The summed E-state index contributed by atoms with van der Waals surface area (Å²) >= 11 is 0. The van der Waals surface area contributed by atoms with Crippen LogP contribution in [0, 0.1) is 11.8 Å². The van der Waals surface area contributed by atoms with Gasteiger partial charge in [0.05, 0.1) is 24.8 Å². The number of amides is 1. The molecule has 1 aromatic heterocycles. The van der Waals surface area contributed by atoms with E-state index < -0.39 is 0 Å². The fraction of sp³-hybridized carbons (Fsp3) is 0.441. The molecule has 6 heteroatoms. The van der Waals surface area contributed by atoms with Crippen molar-refractivity contribution >= 4 is 5.91 Å². The number of nitrogens with one attached hydrogen (secondary N) is 1. The second-order valence-electron chi connectivity index (χ2n) is 11.4. The summed E-state index contributed by atoms with van der Waals surface area (Å²) in [6, 6.07) is 16.9. The first-order chi connectivity index (χ1) is 19.5. The molecule has 1 saturated heterocycles. The van der Waals surface area contributed by atoms with Gasteiger partial charge in [-0.15, -0.1) is 0 Å². The van der Waals surface area contributed by atoms with Crippen molar-refractivity contribution < 1.29 is 9.53 Å². The number of carbonyl (C=O) groups excluding carboxylic acids is 1. The lowest BCUT2D eigenvalue weighted by molar-refractivity contribution is -0.139. The second-order valence-corrected chi connectivity index (χ2v) is 11.4. The van der Waals surface area contributed by atoms with Gasteiger partial charge in [0.25, 0.3) is 0 Å². The zero-order valence-corrected chi connectivity index (χ0v) is 24.1. The van der Waals surface area contributed by atoms with Gasteiger partial charge >= 0.3 is 0 Å². The molecule has 1 aliphatic heterocycles. The van der Waals surface area contributed by atoms with Crippen LogP contribution in [0.25, 0.3) is 22.5 Å². The molecule has 3 aromatic rings. The lowest BCUT2D eigenvalue weighted by atomic mass is 9.78. The number of ether oxygens (including phenoxy) is 1. The number of likely N-dealkylation sites (tertiary alicyclic amines) is 1. The van der Waals surface area contributed by atoms with Crippen LogP contribution in [0.3, 0.4) is 0 Å². The monoisotopic (exact) mass is 538 g/mol. The summed E-state index contributed by atoms with van der Waals surface area (Å²) in [7, 11) is 3.46. The Morgan fingerprint density at radius 1 is 0.975 bits per heavy atom. The van der Waals surface area contributed by atoms with Gasteiger partial charge in [0.1, 0.15) is 0 Å². The average molecular weight is 539 g/mol. The topological polar surface area (TPSA) is 67.3 Å². The van der Waals surface area contributed by atoms with Crippen molar-refractivity contribution in [3.05, 3.63) is 84.4 Å². The average Bonchev–Trinajstić information content (AvgIpc) is 2.99. The van der Waals surface area contributed by atoms with Crippen LogP contribution in [0.1, 0.15) is 56.1 Å². The minimum atomic E-state index is -0.268. The van der Waals surface area contributed by atoms with Crippen LogP contribution in [-0.4, -0.2) is 54.1 Å². The Bertz CT molecular complexity index is 1270. The number of aromatic nitrogens is 2. The number of hydrogen-bond acceptors (Lipinski definition) is 5. The van der Waals surface area contributed by atoms with Crippen LogP contribution in [0.2, 0.25) is 0 Å². The number of rotatable bonds is 10. The molecule has 1 aliphatic carbocycles. The Morgan fingerprint density at radius 3 is 2.17 bits per heavy atom. The maximum absolute atomic E-state index is 12.9. The van der Waals surface area contributed by atoms with Gasteiger partial charge in [-0.3, -0.25) is 4.79 Å². The summed E-state index contributed by atoms with van der Waals surface area (Å²) < 4.78 is 5.21. The van der Waals surface area contributed by atoms with Crippen LogP contribution in [0.5, 0.6) is 0 Å². The molecule has 2 aromatic carbocycles. The van der Waals surface area contributed by atoms with Crippen molar-refractivity contribution in [1.29, 1.82) is 0 Å². The number of methoxy groups -OCH3 is 1. The maximum Gasteiger partial charge on any atom is 0.240 e. The van der Waals surface area contributed by atoms with Crippen LogP contribution in [-0.2, 0) is 16.0 Å². The molecule has 1 N–H and O–H groups in total. The first kappa shape index (κ1) is 28.0. The summed E-state index contributed by atoms with van der Waals surface area (Å²) in [6.07, 6.45) is 11.1. The first-order valence-electron chi connectivity index (χ1n) is 14.7. The highest BCUT2D eigenvalue weighted by molar-refractivity contribution is 5.83. The van der Waals surface area contributed by atoms with E-state index in [2.05, 4.69) is 65.2 Å². The Kier molecular flexibility index (Phi) is 8.95. The Labute approximate surface area is 238 Å².